The molecule has 2 N–H and O–H groups in total. The molecular weight excluding hydrogens is 240 g/mol. The second kappa shape index (κ2) is 6.32. The van der Waals surface area contributed by atoms with Crippen LogP contribution in [0.4, 0.5) is 5.69 Å². The summed E-state index contributed by atoms with van der Waals surface area (Å²) in [7, 11) is 0. The maximum atomic E-state index is 11.9. The van der Waals surface area contributed by atoms with Crippen LogP contribution in [0.1, 0.15) is 12.5 Å². The molecule has 1 heterocycles. The van der Waals surface area contributed by atoms with Gasteiger partial charge in [-0.25, -0.2) is 0 Å². The van der Waals surface area contributed by atoms with E-state index in [-0.39, 0.29) is 5.91 Å². The van der Waals surface area contributed by atoms with Crippen molar-refractivity contribution >= 4 is 11.6 Å². The first-order valence-corrected chi connectivity index (χ1v) is 6.43. The fourth-order valence-corrected chi connectivity index (χ4v) is 2.23. The maximum absolute atomic E-state index is 11.9. The summed E-state index contributed by atoms with van der Waals surface area (Å²) in [6.45, 7) is 5.18. The minimum atomic E-state index is -0.0378. The van der Waals surface area contributed by atoms with Crippen LogP contribution in [0.15, 0.2) is 24.3 Å². The Morgan fingerprint density at radius 3 is 3.21 bits per heavy atom. The van der Waals surface area contributed by atoms with Crippen LogP contribution < -0.4 is 10.6 Å². The number of nitrogens with zero attached hydrogens (tertiary/aromatic N) is 2. The zero-order valence-electron chi connectivity index (χ0n) is 11.0. The molecule has 1 atom stereocenters. The Kier molecular flexibility index (Phi) is 4.50. The van der Waals surface area contributed by atoms with E-state index < -0.39 is 0 Å². The van der Waals surface area contributed by atoms with Crippen molar-refractivity contribution in [2.45, 2.75) is 13.0 Å². The zero-order chi connectivity index (χ0) is 13.7. The van der Waals surface area contributed by atoms with E-state index in [2.05, 4.69) is 28.5 Å². The van der Waals surface area contributed by atoms with E-state index in [0.29, 0.717) is 23.8 Å². The lowest BCUT2D eigenvalue weighted by Crippen LogP contribution is -2.51. The van der Waals surface area contributed by atoms with Gasteiger partial charge in [-0.3, -0.25) is 9.69 Å². The van der Waals surface area contributed by atoms with Gasteiger partial charge in [0.1, 0.15) is 0 Å². The summed E-state index contributed by atoms with van der Waals surface area (Å²) in [5.74, 6) is -0.0378. The number of piperazine rings is 1. The van der Waals surface area contributed by atoms with Gasteiger partial charge in [0.05, 0.1) is 18.2 Å². The van der Waals surface area contributed by atoms with E-state index in [4.69, 9.17) is 5.26 Å². The third kappa shape index (κ3) is 4.05. The first-order chi connectivity index (χ1) is 9.17. The second-order valence-electron chi connectivity index (χ2n) is 4.83. The summed E-state index contributed by atoms with van der Waals surface area (Å²) in [5.41, 5.74) is 1.22. The van der Waals surface area contributed by atoms with Gasteiger partial charge in [-0.15, -0.1) is 0 Å². The van der Waals surface area contributed by atoms with Crippen LogP contribution in [-0.2, 0) is 4.79 Å². The van der Waals surface area contributed by atoms with Gasteiger partial charge in [-0.1, -0.05) is 6.07 Å². The Bertz CT molecular complexity index is 494. The first-order valence-electron chi connectivity index (χ1n) is 6.43. The molecule has 1 aromatic rings. The number of hydrogen-bond acceptors (Lipinski definition) is 4. The monoisotopic (exact) mass is 258 g/mol. The molecule has 1 saturated heterocycles. The average Bonchev–Trinajstić information content (AvgIpc) is 2.38. The molecule has 1 fully saturated rings. The van der Waals surface area contributed by atoms with E-state index in [0.717, 1.165) is 19.6 Å². The molecular formula is C14H18N4O. The van der Waals surface area contributed by atoms with Gasteiger partial charge in [0.2, 0.25) is 5.91 Å². The number of rotatable bonds is 3. The Labute approximate surface area is 113 Å². The summed E-state index contributed by atoms with van der Waals surface area (Å²) in [6.07, 6.45) is 0. The number of carbonyl (C=O) groups is 1. The largest absolute Gasteiger partial charge is 0.325 e. The SMILES string of the molecule is CC1CN(CC(=O)Nc2cccc(C#N)c2)CCN1. The molecule has 1 amide bonds. The fourth-order valence-electron chi connectivity index (χ4n) is 2.23. The highest BCUT2D eigenvalue weighted by molar-refractivity contribution is 5.92. The third-order valence-electron chi connectivity index (χ3n) is 3.10. The van der Waals surface area contributed by atoms with Crippen molar-refractivity contribution in [2.75, 3.05) is 31.5 Å². The molecule has 19 heavy (non-hydrogen) atoms. The molecule has 0 bridgehead atoms. The van der Waals surface area contributed by atoms with Crippen LogP contribution >= 0.6 is 0 Å². The standard InChI is InChI=1S/C14H18N4O/c1-11-9-18(6-5-16-11)10-14(19)17-13-4-2-3-12(7-13)8-15/h2-4,7,11,16H,5-6,9-10H2,1H3,(H,17,19). The topological polar surface area (TPSA) is 68.2 Å². The molecule has 0 aromatic heterocycles. The highest BCUT2D eigenvalue weighted by Gasteiger charge is 2.17. The van der Waals surface area contributed by atoms with Crippen molar-refractivity contribution in [3.63, 3.8) is 0 Å². The Balaban J connectivity index is 1.88. The molecule has 5 heteroatoms. The van der Waals surface area contributed by atoms with E-state index >= 15 is 0 Å². The van der Waals surface area contributed by atoms with E-state index in [1.807, 2.05) is 0 Å². The minimum Gasteiger partial charge on any atom is -0.325 e. The number of benzene rings is 1. The van der Waals surface area contributed by atoms with Gasteiger partial charge < -0.3 is 10.6 Å². The van der Waals surface area contributed by atoms with Crippen LogP contribution in [0.3, 0.4) is 0 Å². The van der Waals surface area contributed by atoms with Gasteiger partial charge in [-0.2, -0.15) is 5.26 Å². The molecule has 1 aromatic carbocycles. The van der Waals surface area contributed by atoms with Gasteiger partial charge in [0.25, 0.3) is 0 Å². The lowest BCUT2D eigenvalue weighted by atomic mass is 10.2. The minimum absolute atomic E-state index is 0.0378. The second-order valence-corrected chi connectivity index (χ2v) is 4.83. The normalized spacial score (nSPS) is 19.7. The Morgan fingerprint density at radius 1 is 1.63 bits per heavy atom. The smallest absolute Gasteiger partial charge is 0.238 e. The molecule has 2 rings (SSSR count). The highest BCUT2D eigenvalue weighted by atomic mass is 16.2. The van der Waals surface area contributed by atoms with Crippen molar-refractivity contribution in [1.82, 2.24) is 10.2 Å². The summed E-state index contributed by atoms with van der Waals surface area (Å²) in [6, 6.07) is 9.43. The van der Waals surface area contributed by atoms with E-state index in [1.165, 1.54) is 0 Å². The number of anilines is 1. The van der Waals surface area contributed by atoms with Crippen LogP contribution in [0.2, 0.25) is 0 Å². The molecule has 1 aliphatic heterocycles. The number of nitrogens with one attached hydrogen (secondary N) is 2. The molecule has 0 radical (unpaired) electrons. The maximum Gasteiger partial charge on any atom is 0.238 e. The van der Waals surface area contributed by atoms with Gasteiger partial charge in [0, 0.05) is 31.4 Å². The molecule has 0 saturated carbocycles. The lowest BCUT2D eigenvalue weighted by molar-refractivity contribution is -0.117. The van der Waals surface area contributed by atoms with Crippen LogP contribution in [-0.4, -0.2) is 43.0 Å². The van der Waals surface area contributed by atoms with Gasteiger partial charge in [0.15, 0.2) is 0 Å². The van der Waals surface area contributed by atoms with Gasteiger partial charge in [-0.05, 0) is 25.1 Å². The highest BCUT2D eigenvalue weighted by Crippen LogP contribution is 2.10. The number of carbonyl (C=O) groups excluding carboxylic acids is 1. The van der Waals surface area contributed by atoms with Gasteiger partial charge >= 0.3 is 0 Å². The van der Waals surface area contributed by atoms with Crippen LogP contribution in [0, 0.1) is 11.3 Å². The fraction of sp³-hybridized carbons (Fsp3) is 0.429. The predicted molar refractivity (Wildman–Crippen MR) is 73.7 cm³/mol. The van der Waals surface area contributed by atoms with Crippen LogP contribution in [0.5, 0.6) is 0 Å². The van der Waals surface area contributed by atoms with Crippen LogP contribution in [0.25, 0.3) is 0 Å². The molecule has 100 valence electrons. The Hall–Kier alpha value is -1.90. The molecule has 0 spiro atoms. The summed E-state index contributed by atoms with van der Waals surface area (Å²) < 4.78 is 0. The number of nitriles is 1. The van der Waals surface area contributed by atoms with Crippen molar-refractivity contribution in [2.24, 2.45) is 0 Å². The van der Waals surface area contributed by atoms with E-state index in [1.54, 1.807) is 24.3 Å². The third-order valence-corrected chi connectivity index (χ3v) is 3.10. The Morgan fingerprint density at radius 2 is 2.47 bits per heavy atom. The molecule has 1 aliphatic rings. The molecule has 1 unspecified atom stereocenters. The zero-order valence-corrected chi connectivity index (χ0v) is 11.0. The van der Waals surface area contributed by atoms with Crippen molar-refractivity contribution in [3.8, 4) is 6.07 Å². The number of hydrogen-bond donors (Lipinski definition) is 2. The summed E-state index contributed by atoms with van der Waals surface area (Å²) in [5, 5.41) is 15.0. The molecule has 0 aliphatic carbocycles. The summed E-state index contributed by atoms with van der Waals surface area (Å²) >= 11 is 0. The quantitative estimate of drug-likeness (QED) is 0.841. The number of amides is 1. The average molecular weight is 258 g/mol. The predicted octanol–water partition coefficient (Wildman–Crippen LogP) is 0.790. The van der Waals surface area contributed by atoms with E-state index in [9.17, 15) is 4.79 Å². The van der Waals surface area contributed by atoms with Crippen molar-refractivity contribution in [1.29, 1.82) is 5.26 Å². The lowest BCUT2D eigenvalue weighted by Gasteiger charge is -2.31. The van der Waals surface area contributed by atoms with Crippen molar-refractivity contribution in [3.05, 3.63) is 29.8 Å². The summed E-state index contributed by atoms with van der Waals surface area (Å²) in [4.78, 5) is 14.1. The molecule has 5 nitrogen and oxygen atoms in total. The first kappa shape index (κ1) is 13.5. The van der Waals surface area contributed by atoms with Crippen molar-refractivity contribution < 1.29 is 4.79 Å².